The van der Waals surface area contributed by atoms with Gasteiger partial charge in [0.2, 0.25) is 0 Å². The number of amides is 1. The first-order valence-corrected chi connectivity index (χ1v) is 3.94. The molecule has 1 aromatic heterocycles. The molecule has 1 rings (SSSR count). The Kier molecular flexibility index (Phi) is 3.49. The number of aromatic nitrogens is 1. The third-order valence-electron chi connectivity index (χ3n) is 1.35. The molecule has 1 heterocycles. The van der Waals surface area contributed by atoms with Crippen LogP contribution in [0.1, 0.15) is 10.5 Å². The van der Waals surface area contributed by atoms with Crippen LogP contribution in [0.2, 0.25) is 0 Å². The third kappa shape index (κ3) is 3.55. The summed E-state index contributed by atoms with van der Waals surface area (Å²) in [5.41, 5.74) is 4.51. The lowest BCUT2D eigenvalue weighted by Gasteiger charge is -2.00. The summed E-state index contributed by atoms with van der Waals surface area (Å²) in [5.74, 6) is -1.18. The molecule has 0 atom stereocenters. The Labute approximate surface area is 84.0 Å². The smallest absolute Gasteiger partial charge is 0.404 e. The molecule has 15 heavy (non-hydrogen) atoms. The average Bonchev–Trinajstić information content (AvgIpc) is 2.60. The summed E-state index contributed by atoms with van der Waals surface area (Å²) >= 11 is 0. The summed E-state index contributed by atoms with van der Waals surface area (Å²) in [5, 5.41) is 11.1. The molecule has 0 unspecified atom stereocenters. The van der Waals surface area contributed by atoms with Gasteiger partial charge in [-0.15, -0.1) is 0 Å². The van der Waals surface area contributed by atoms with Crippen molar-refractivity contribution >= 4 is 18.1 Å². The van der Waals surface area contributed by atoms with E-state index in [4.69, 9.17) is 15.3 Å². The highest BCUT2D eigenvalue weighted by Crippen LogP contribution is 2.06. The Morgan fingerprint density at radius 2 is 2.40 bits per heavy atom. The number of carboxylic acid groups (broad SMARTS) is 1. The summed E-state index contributed by atoms with van der Waals surface area (Å²) < 4.78 is 9.17. The molecule has 0 radical (unpaired) electrons. The van der Waals surface area contributed by atoms with E-state index >= 15 is 0 Å². The number of oxazole rings is 1. The monoisotopic (exact) mass is 215 g/mol. The molecule has 0 aromatic carbocycles. The average molecular weight is 215 g/mol. The van der Waals surface area contributed by atoms with Gasteiger partial charge in [-0.3, -0.25) is 0 Å². The van der Waals surface area contributed by atoms with E-state index in [2.05, 4.69) is 15.0 Å². The van der Waals surface area contributed by atoms with Crippen LogP contribution in [-0.4, -0.2) is 35.3 Å². The van der Waals surface area contributed by atoms with Crippen molar-refractivity contribution in [1.82, 2.24) is 4.98 Å². The number of nitrogens with two attached hydrogens (primary N) is 1. The van der Waals surface area contributed by atoms with Gasteiger partial charge in [-0.2, -0.15) is 4.98 Å². The fourth-order valence-electron chi connectivity index (χ4n) is 0.763. The molecule has 1 amide bonds. The van der Waals surface area contributed by atoms with Crippen LogP contribution in [0, 0.1) is 0 Å². The summed E-state index contributed by atoms with van der Waals surface area (Å²) in [4.78, 5) is 24.1. The van der Waals surface area contributed by atoms with E-state index in [-0.39, 0.29) is 24.9 Å². The van der Waals surface area contributed by atoms with E-state index < -0.39 is 12.1 Å². The molecule has 82 valence electrons. The summed E-state index contributed by atoms with van der Waals surface area (Å²) in [6.07, 6.45) is 0.120. The van der Waals surface area contributed by atoms with Crippen LogP contribution in [0.4, 0.5) is 10.8 Å². The zero-order valence-electron chi connectivity index (χ0n) is 7.60. The molecule has 0 aliphatic rings. The van der Waals surface area contributed by atoms with Crippen molar-refractivity contribution in [1.29, 1.82) is 0 Å². The molecule has 0 aliphatic carbocycles. The van der Waals surface area contributed by atoms with Crippen LogP contribution < -0.4 is 11.1 Å². The highest BCUT2D eigenvalue weighted by Gasteiger charge is 2.09. The number of ether oxygens (including phenoxy) is 1. The van der Waals surface area contributed by atoms with Gasteiger partial charge in [-0.25, -0.2) is 9.59 Å². The standard InChI is InChI=1S/C7H9N3O5/c8-6(13)14-2-1-9-7-10-4(3-15-7)5(11)12/h3H,1-2H2,(H2,8,13)(H,9,10)(H,11,12). The summed E-state index contributed by atoms with van der Waals surface area (Å²) in [6, 6.07) is 0.0421. The normalized spacial score (nSPS) is 9.60. The van der Waals surface area contributed by atoms with Gasteiger partial charge in [0.15, 0.2) is 5.69 Å². The molecular weight excluding hydrogens is 206 g/mol. The predicted molar refractivity (Wildman–Crippen MR) is 47.5 cm³/mol. The van der Waals surface area contributed by atoms with Crippen molar-refractivity contribution in [2.45, 2.75) is 0 Å². The van der Waals surface area contributed by atoms with Crippen molar-refractivity contribution in [3.05, 3.63) is 12.0 Å². The zero-order chi connectivity index (χ0) is 11.3. The van der Waals surface area contributed by atoms with Gasteiger partial charge in [0.1, 0.15) is 12.9 Å². The molecule has 8 heteroatoms. The second-order valence-electron chi connectivity index (χ2n) is 2.44. The Bertz CT molecular complexity index is 361. The highest BCUT2D eigenvalue weighted by atomic mass is 16.5. The molecule has 4 N–H and O–H groups in total. The van der Waals surface area contributed by atoms with Gasteiger partial charge in [0.25, 0.3) is 6.01 Å². The molecule has 0 bridgehead atoms. The first-order chi connectivity index (χ1) is 7.09. The number of rotatable bonds is 5. The molecular formula is C7H9N3O5. The van der Waals surface area contributed by atoms with E-state index in [9.17, 15) is 9.59 Å². The maximum atomic E-state index is 10.4. The number of hydrogen-bond acceptors (Lipinski definition) is 6. The zero-order valence-corrected chi connectivity index (χ0v) is 7.60. The Morgan fingerprint density at radius 3 is 2.93 bits per heavy atom. The number of hydrogen-bond donors (Lipinski definition) is 3. The van der Waals surface area contributed by atoms with E-state index in [0.29, 0.717) is 0 Å². The van der Waals surface area contributed by atoms with Crippen molar-refractivity contribution in [3.8, 4) is 0 Å². The van der Waals surface area contributed by atoms with Crippen LogP contribution in [0.25, 0.3) is 0 Å². The lowest BCUT2D eigenvalue weighted by molar-refractivity contribution is 0.0690. The van der Waals surface area contributed by atoms with E-state index in [1.807, 2.05) is 0 Å². The lowest BCUT2D eigenvalue weighted by Crippen LogP contribution is -2.18. The van der Waals surface area contributed by atoms with Gasteiger partial charge in [-0.05, 0) is 0 Å². The molecule has 0 aliphatic heterocycles. The van der Waals surface area contributed by atoms with E-state index in [1.54, 1.807) is 0 Å². The Balaban J connectivity index is 2.31. The molecule has 8 nitrogen and oxygen atoms in total. The second kappa shape index (κ2) is 4.84. The number of carbonyl (C=O) groups is 2. The van der Waals surface area contributed by atoms with Gasteiger partial charge >= 0.3 is 12.1 Å². The van der Waals surface area contributed by atoms with Crippen LogP contribution >= 0.6 is 0 Å². The quantitative estimate of drug-likeness (QED) is 0.584. The largest absolute Gasteiger partial charge is 0.476 e. The number of nitrogens with one attached hydrogen (secondary N) is 1. The van der Waals surface area contributed by atoms with Gasteiger partial charge in [0.05, 0.1) is 6.54 Å². The molecule has 1 aromatic rings. The topological polar surface area (TPSA) is 128 Å². The molecule has 0 fully saturated rings. The number of primary amides is 1. The maximum Gasteiger partial charge on any atom is 0.404 e. The third-order valence-corrected chi connectivity index (χ3v) is 1.35. The van der Waals surface area contributed by atoms with Crippen LogP contribution in [0.5, 0.6) is 0 Å². The maximum absolute atomic E-state index is 10.4. The number of carbonyl (C=O) groups excluding carboxylic acids is 1. The fraction of sp³-hybridized carbons (Fsp3) is 0.286. The van der Waals surface area contributed by atoms with Crippen molar-refractivity contribution in [2.24, 2.45) is 5.73 Å². The van der Waals surface area contributed by atoms with Crippen molar-refractivity contribution < 1.29 is 23.8 Å². The fourth-order valence-corrected chi connectivity index (χ4v) is 0.763. The second-order valence-corrected chi connectivity index (χ2v) is 2.44. The van der Waals surface area contributed by atoms with E-state index in [0.717, 1.165) is 6.26 Å². The number of nitrogens with zero attached hydrogens (tertiary/aromatic N) is 1. The van der Waals surface area contributed by atoms with Gasteiger partial charge in [-0.1, -0.05) is 0 Å². The molecule has 0 saturated carbocycles. The van der Waals surface area contributed by atoms with Gasteiger partial charge in [0, 0.05) is 0 Å². The van der Waals surface area contributed by atoms with Crippen LogP contribution in [0.3, 0.4) is 0 Å². The number of anilines is 1. The van der Waals surface area contributed by atoms with Crippen LogP contribution in [-0.2, 0) is 4.74 Å². The Hall–Kier alpha value is -2.25. The first-order valence-electron chi connectivity index (χ1n) is 3.94. The first kappa shape index (κ1) is 10.8. The summed E-state index contributed by atoms with van der Waals surface area (Å²) in [6.45, 7) is 0.266. The predicted octanol–water partition coefficient (Wildman–Crippen LogP) is -0.120. The van der Waals surface area contributed by atoms with Gasteiger partial charge < -0.3 is 25.3 Å². The minimum Gasteiger partial charge on any atom is -0.476 e. The van der Waals surface area contributed by atoms with Crippen LogP contribution in [0.15, 0.2) is 10.7 Å². The molecule has 0 saturated heterocycles. The van der Waals surface area contributed by atoms with Crippen molar-refractivity contribution in [2.75, 3.05) is 18.5 Å². The minimum atomic E-state index is -1.18. The SMILES string of the molecule is NC(=O)OCCNc1nc(C(=O)O)co1. The molecule has 0 spiro atoms. The Morgan fingerprint density at radius 1 is 1.67 bits per heavy atom. The number of aromatic carboxylic acids is 1. The summed E-state index contributed by atoms with van der Waals surface area (Å²) in [7, 11) is 0. The van der Waals surface area contributed by atoms with Crippen molar-refractivity contribution in [3.63, 3.8) is 0 Å². The lowest BCUT2D eigenvalue weighted by atomic mass is 10.5. The minimum absolute atomic E-state index is 0.0418. The highest BCUT2D eigenvalue weighted by molar-refractivity contribution is 5.85. The van der Waals surface area contributed by atoms with E-state index in [1.165, 1.54) is 0 Å². The number of carboxylic acids is 1.